The Morgan fingerprint density at radius 2 is 1.89 bits per heavy atom. The van der Waals surface area contributed by atoms with E-state index in [0.29, 0.717) is 0 Å². The molecule has 3 heterocycles. The van der Waals surface area contributed by atoms with Crippen molar-refractivity contribution in [3.63, 3.8) is 0 Å². The van der Waals surface area contributed by atoms with Crippen LogP contribution in [0.1, 0.15) is 18.7 Å². The summed E-state index contributed by atoms with van der Waals surface area (Å²) in [5.41, 5.74) is 4.09. The zero-order valence-corrected chi connectivity index (χ0v) is 9.72. The van der Waals surface area contributed by atoms with Gasteiger partial charge in [0.05, 0.1) is 35.5 Å². The number of hydrogen-bond donors (Lipinski definition) is 0. The average molecular weight is 238 g/mol. The van der Waals surface area contributed by atoms with Crippen LogP contribution in [0.4, 0.5) is 0 Å². The van der Waals surface area contributed by atoms with Crippen molar-refractivity contribution in [2.75, 3.05) is 0 Å². The van der Waals surface area contributed by atoms with Gasteiger partial charge in [0.1, 0.15) is 0 Å². The Morgan fingerprint density at radius 3 is 2.83 bits per heavy atom. The molecule has 0 spiro atoms. The Morgan fingerprint density at radius 1 is 1.06 bits per heavy atom. The first kappa shape index (κ1) is 9.52. The molecule has 0 saturated heterocycles. The highest BCUT2D eigenvalue weighted by molar-refractivity contribution is 5.70. The summed E-state index contributed by atoms with van der Waals surface area (Å²) in [4.78, 5) is 0. The van der Waals surface area contributed by atoms with Crippen LogP contribution in [0.15, 0.2) is 36.7 Å². The van der Waals surface area contributed by atoms with E-state index in [4.69, 9.17) is 0 Å². The van der Waals surface area contributed by atoms with Crippen molar-refractivity contribution in [1.82, 2.24) is 30.0 Å². The second kappa shape index (κ2) is 3.25. The summed E-state index contributed by atoms with van der Waals surface area (Å²) in [5.74, 6) is 0. The first-order chi connectivity index (χ1) is 8.86. The van der Waals surface area contributed by atoms with Crippen LogP contribution in [0.5, 0.6) is 0 Å². The Kier molecular flexibility index (Phi) is 1.72. The van der Waals surface area contributed by atoms with Crippen LogP contribution in [0.2, 0.25) is 0 Å². The molecule has 6 heteroatoms. The lowest BCUT2D eigenvalue weighted by molar-refractivity contribution is 0.529. The normalized spacial score (nSPS) is 16.6. The molecule has 3 aromatic rings. The van der Waals surface area contributed by atoms with Crippen LogP contribution in [0, 0.1) is 0 Å². The van der Waals surface area contributed by atoms with Crippen LogP contribution in [-0.4, -0.2) is 30.0 Å². The molecule has 1 aromatic carbocycles. The van der Waals surface area contributed by atoms with Crippen molar-refractivity contribution in [1.29, 1.82) is 0 Å². The topological polar surface area (TPSA) is 61.4 Å². The molecule has 88 valence electrons. The molecular formula is C12H10N6. The third-order valence-corrected chi connectivity index (χ3v) is 3.35. The molecule has 0 amide bonds. The minimum absolute atomic E-state index is 0.0601. The molecule has 0 fully saturated rings. The Hall–Kier alpha value is -2.50. The maximum atomic E-state index is 4.18. The Bertz CT molecular complexity index is 664. The van der Waals surface area contributed by atoms with Gasteiger partial charge in [-0.3, -0.25) is 0 Å². The van der Waals surface area contributed by atoms with E-state index in [1.807, 2.05) is 33.6 Å². The lowest BCUT2D eigenvalue weighted by Gasteiger charge is -2.10. The number of nitrogens with zero attached hydrogens (tertiary/aromatic N) is 6. The highest BCUT2D eigenvalue weighted by Gasteiger charge is 2.25. The predicted octanol–water partition coefficient (Wildman–Crippen LogP) is 1.45. The van der Waals surface area contributed by atoms with Gasteiger partial charge in [-0.15, -0.1) is 10.2 Å². The second-order valence-corrected chi connectivity index (χ2v) is 4.33. The molecule has 1 aliphatic heterocycles. The Labute approximate surface area is 103 Å². The van der Waals surface area contributed by atoms with Gasteiger partial charge in [0.15, 0.2) is 0 Å². The number of para-hydroxylation sites is 1. The molecule has 1 atom stereocenters. The summed E-state index contributed by atoms with van der Waals surface area (Å²) in [7, 11) is 0. The molecule has 1 aliphatic rings. The van der Waals surface area contributed by atoms with E-state index in [2.05, 4.69) is 27.5 Å². The van der Waals surface area contributed by atoms with Crippen LogP contribution >= 0.6 is 0 Å². The maximum Gasteiger partial charge on any atom is 0.0953 e. The maximum absolute atomic E-state index is 4.18. The van der Waals surface area contributed by atoms with E-state index >= 15 is 0 Å². The van der Waals surface area contributed by atoms with E-state index < -0.39 is 0 Å². The smallest absolute Gasteiger partial charge is 0.0953 e. The fraction of sp³-hybridized carbons (Fsp3) is 0.167. The second-order valence-electron chi connectivity index (χ2n) is 4.33. The minimum atomic E-state index is 0.0601. The summed E-state index contributed by atoms with van der Waals surface area (Å²) in [6.45, 7) is 2.07. The molecule has 2 aromatic heterocycles. The standard InChI is InChI=1S/C12H10N6/c1-8-11-6-13-16-18(11)10-5-3-2-4-9(10)12-7-14-15-17(8)12/h2-8H,1H3. The molecule has 4 rings (SSSR count). The zero-order chi connectivity index (χ0) is 12.1. The lowest BCUT2D eigenvalue weighted by atomic mass is 10.1. The molecular weight excluding hydrogens is 228 g/mol. The molecule has 0 aliphatic carbocycles. The van der Waals surface area contributed by atoms with E-state index in [1.54, 1.807) is 12.4 Å². The number of fused-ring (bicyclic) bond motifs is 5. The van der Waals surface area contributed by atoms with Crippen LogP contribution in [-0.2, 0) is 0 Å². The number of hydrogen-bond acceptors (Lipinski definition) is 4. The zero-order valence-electron chi connectivity index (χ0n) is 9.72. The SMILES string of the molecule is CC1c2cnnn2-c2ccccc2-c2cnnn21. The number of rotatable bonds is 0. The third-order valence-electron chi connectivity index (χ3n) is 3.35. The largest absolute Gasteiger partial charge is 0.236 e. The lowest BCUT2D eigenvalue weighted by Crippen LogP contribution is -2.11. The predicted molar refractivity (Wildman–Crippen MR) is 64.2 cm³/mol. The van der Waals surface area contributed by atoms with Crippen LogP contribution in [0.3, 0.4) is 0 Å². The molecule has 1 unspecified atom stereocenters. The molecule has 0 saturated carbocycles. The Balaban J connectivity index is 2.16. The summed E-state index contributed by atoms with van der Waals surface area (Å²) >= 11 is 0. The molecule has 0 N–H and O–H groups in total. The highest BCUT2D eigenvalue weighted by Crippen LogP contribution is 2.33. The van der Waals surface area contributed by atoms with Crippen LogP contribution in [0.25, 0.3) is 16.9 Å². The van der Waals surface area contributed by atoms with Gasteiger partial charge in [0.25, 0.3) is 0 Å². The molecule has 6 nitrogen and oxygen atoms in total. The van der Waals surface area contributed by atoms with Gasteiger partial charge in [0, 0.05) is 5.56 Å². The van der Waals surface area contributed by atoms with Gasteiger partial charge < -0.3 is 0 Å². The van der Waals surface area contributed by atoms with E-state index in [1.165, 1.54) is 0 Å². The summed E-state index contributed by atoms with van der Waals surface area (Å²) < 4.78 is 3.77. The van der Waals surface area contributed by atoms with Gasteiger partial charge >= 0.3 is 0 Å². The quantitative estimate of drug-likeness (QED) is 0.594. The minimum Gasteiger partial charge on any atom is -0.236 e. The molecule has 18 heavy (non-hydrogen) atoms. The average Bonchev–Trinajstić information content (AvgIpc) is 3.05. The summed E-state index contributed by atoms with van der Waals surface area (Å²) in [6.07, 6.45) is 3.56. The van der Waals surface area contributed by atoms with Crippen molar-refractivity contribution in [3.8, 4) is 16.9 Å². The van der Waals surface area contributed by atoms with Crippen molar-refractivity contribution in [2.45, 2.75) is 13.0 Å². The van der Waals surface area contributed by atoms with Gasteiger partial charge in [-0.05, 0) is 13.0 Å². The van der Waals surface area contributed by atoms with Crippen molar-refractivity contribution in [3.05, 3.63) is 42.4 Å². The fourth-order valence-corrected chi connectivity index (χ4v) is 2.44. The third kappa shape index (κ3) is 1.07. The first-order valence-corrected chi connectivity index (χ1v) is 5.77. The van der Waals surface area contributed by atoms with Crippen molar-refractivity contribution < 1.29 is 0 Å². The van der Waals surface area contributed by atoms with E-state index in [9.17, 15) is 0 Å². The van der Waals surface area contributed by atoms with Crippen molar-refractivity contribution >= 4 is 0 Å². The molecule has 0 bridgehead atoms. The van der Waals surface area contributed by atoms with E-state index in [-0.39, 0.29) is 6.04 Å². The van der Waals surface area contributed by atoms with E-state index in [0.717, 1.165) is 22.6 Å². The fourth-order valence-electron chi connectivity index (χ4n) is 2.44. The monoisotopic (exact) mass is 238 g/mol. The highest BCUT2D eigenvalue weighted by atomic mass is 15.5. The first-order valence-electron chi connectivity index (χ1n) is 5.77. The van der Waals surface area contributed by atoms with Gasteiger partial charge in [-0.2, -0.15) is 0 Å². The summed E-state index contributed by atoms with van der Waals surface area (Å²) in [6, 6.07) is 8.14. The van der Waals surface area contributed by atoms with Gasteiger partial charge in [-0.1, -0.05) is 28.6 Å². The van der Waals surface area contributed by atoms with Gasteiger partial charge in [0.2, 0.25) is 0 Å². The van der Waals surface area contributed by atoms with Gasteiger partial charge in [-0.25, -0.2) is 9.36 Å². The number of aromatic nitrogens is 6. The van der Waals surface area contributed by atoms with Crippen molar-refractivity contribution in [2.24, 2.45) is 0 Å². The summed E-state index contributed by atoms with van der Waals surface area (Å²) in [5, 5.41) is 16.4. The number of benzene rings is 1. The van der Waals surface area contributed by atoms with Crippen LogP contribution < -0.4 is 0 Å². The molecule has 0 radical (unpaired) electrons.